The maximum Gasteiger partial charge on any atom is 0.191 e. The van der Waals surface area contributed by atoms with Crippen molar-refractivity contribution in [2.75, 3.05) is 26.7 Å². The van der Waals surface area contributed by atoms with E-state index in [1.54, 1.807) is 0 Å². The predicted molar refractivity (Wildman–Crippen MR) is 119 cm³/mol. The third kappa shape index (κ3) is 6.08. The molecular weight excluding hydrogens is 437 g/mol. The molecule has 5 nitrogen and oxygen atoms in total. The van der Waals surface area contributed by atoms with Crippen LogP contribution in [0.5, 0.6) is 0 Å². The van der Waals surface area contributed by atoms with Gasteiger partial charge >= 0.3 is 0 Å². The van der Waals surface area contributed by atoms with Gasteiger partial charge in [0.1, 0.15) is 0 Å². The van der Waals surface area contributed by atoms with E-state index in [-0.39, 0.29) is 24.0 Å². The van der Waals surface area contributed by atoms with Crippen molar-refractivity contribution >= 4 is 29.9 Å². The largest absolute Gasteiger partial charge is 0.356 e. The van der Waals surface area contributed by atoms with Crippen molar-refractivity contribution in [3.8, 4) is 0 Å². The first kappa shape index (κ1) is 21.4. The number of aromatic nitrogens is 1. The number of halogens is 1. The summed E-state index contributed by atoms with van der Waals surface area (Å²) in [6, 6.07) is 3.51. The molecule has 2 N–H and O–H groups in total. The van der Waals surface area contributed by atoms with Crippen LogP contribution in [0, 0.1) is 6.92 Å². The molecule has 1 aliphatic heterocycles. The zero-order chi connectivity index (χ0) is 17.5. The number of pyridine rings is 1. The summed E-state index contributed by atoms with van der Waals surface area (Å²) < 4.78 is 0. The van der Waals surface area contributed by atoms with Crippen molar-refractivity contribution in [2.45, 2.75) is 64.0 Å². The minimum atomic E-state index is 0. The SMILES string of the molecule is CN=C(NCCc1ccncc1C)NC1CCN(C2CCCC2)CC1.I. The minimum absolute atomic E-state index is 0. The molecule has 3 rings (SSSR count). The first-order valence-electron chi connectivity index (χ1n) is 9.87. The lowest BCUT2D eigenvalue weighted by atomic mass is 10.0. The topological polar surface area (TPSA) is 52.6 Å². The van der Waals surface area contributed by atoms with Crippen LogP contribution in [0.2, 0.25) is 0 Å². The molecular formula is C20H34IN5. The third-order valence-electron chi connectivity index (χ3n) is 5.76. The number of likely N-dealkylation sites (tertiary alicyclic amines) is 1. The van der Waals surface area contributed by atoms with Gasteiger partial charge < -0.3 is 15.5 Å². The molecule has 26 heavy (non-hydrogen) atoms. The van der Waals surface area contributed by atoms with Gasteiger partial charge in [-0.2, -0.15) is 0 Å². The second-order valence-corrected chi connectivity index (χ2v) is 7.44. The van der Waals surface area contributed by atoms with Crippen LogP contribution >= 0.6 is 24.0 Å². The zero-order valence-electron chi connectivity index (χ0n) is 16.2. The van der Waals surface area contributed by atoms with Crippen LogP contribution in [-0.4, -0.2) is 54.6 Å². The summed E-state index contributed by atoms with van der Waals surface area (Å²) in [6.45, 7) is 5.48. The summed E-state index contributed by atoms with van der Waals surface area (Å²) in [7, 11) is 1.86. The van der Waals surface area contributed by atoms with Crippen LogP contribution in [0.15, 0.2) is 23.5 Å². The fourth-order valence-corrected chi connectivity index (χ4v) is 4.16. The Balaban J connectivity index is 0.00000243. The van der Waals surface area contributed by atoms with E-state index in [0.717, 1.165) is 25.0 Å². The summed E-state index contributed by atoms with van der Waals surface area (Å²) in [5.41, 5.74) is 2.61. The number of hydrogen-bond acceptors (Lipinski definition) is 3. The van der Waals surface area contributed by atoms with Gasteiger partial charge in [0.05, 0.1) is 0 Å². The Morgan fingerprint density at radius 1 is 1.23 bits per heavy atom. The van der Waals surface area contributed by atoms with E-state index in [4.69, 9.17) is 0 Å². The van der Waals surface area contributed by atoms with Crippen molar-refractivity contribution in [3.05, 3.63) is 29.6 Å². The lowest BCUT2D eigenvalue weighted by Crippen LogP contribution is -2.50. The van der Waals surface area contributed by atoms with Crippen molar-refractivity contribution in [3.63, 3.8) is 0 Å². The fourth-order valence-electron chi connectivity index (χ4n) is 4.16. The number of hydrogen-bond donors (Lipinski definition) is 2. The molecule has 146 valence electrons. The molecule has 1 aromatic rings. The summed E-state index contributed by atoms with van der Waals surface area (Å²) >= 11 is 0. The average Bonchev–Trinajstić information content (AvgIpc) is 3.17. The summed E-state index contributed by atoms with van der Waals surface area (Å²) in [6.07, 6.45) is 12.9. The molecule has 2 aliphatic rings. The van der Waals surface area contributed by atoms with Crippen LogP contribution in [0.3, 0.4) is 0 Å². The lowest BCUT2D eigenvalue weighted by molar-refractivity contribution is 0.150. The van der Waals surface area contributed by atoms with E-state index in [1.807, 2.05) is 19.4 Å². The van der Waals surface area contributed by atoms with E-state index < -0.39 is 0 Å². The summed E-state index contributed by atoms with van der Waals surface area (Å²) in [4.78, 5) is 11.3. The Labute approximate surface area is 175 Å². The molecule has 0 amide bonds. The molecule has 2 fully saturated rings. The molecule has 1 aromatic heterocycles. The molecule has 0 spiro atoms. The molecule has 0 aromatic carbocycles. The highest BCUT2D eigenvalue weighted by atomic mass is 127. The number of aliphatic imine (C=N–C) groups is 1. The minimum Gasteiger partial charge on any atom is -0.356 e. The van der Waals surface area contributed by atoms with Gasteiger partial charge in [-0.25, -0.2) is 0 Å². The van der Waals surface area contributed by atoms with Crippen LogP contribution in [-0.2, 0) is 6.42 Å². The van der Waals surface area contributed by atoms with E-state index in [2.05, 4.69) is 38.5 Å². The monoisotopic (exact) mass is 471 g/mol. The third-order valence-corrected chi connectivity index (χ3v) is 5.76. The van der Waals surface area contributed by atoms with Gasteiger partial charge in [0.2, 0.25) is 0 Å². The average molecular weight is 471 g/mol. The van der Waals surface area contributed by atoms with Gasteiger partial charge in [0.15, 0.2) is 5.96 Å². The second kappa shape index (κ2) is 11.1. The lowest BCUT2D eigenvalue weighted by Gasteiger charge is -2.36. The van der Waals surface area contributed by atoms with Crippen LogP contribution < -0.4 is 10.6 Å². The van der Waals surface area contributed by atoms with Crippen molar-refractivity contribution in [1.82, 2.24) is 20.5 Å². The molecule has 1 aliphatic carbocycles. The Bertz CT molecular complexity index is 563. The van der Waals surface area contributed by atoms with Gasteiger partial charge in [-0.1, -0.05) is 12.8 Å². The summed E-state index contributed by atoms with van der Waals surface area (Å²) in [5, 5.41) is 7.08. The maximum absolute atomic E-state index is 4.40. The van der Waals surface area contributed by atoms with Crippen molar-refractivity contribution in [2.24, 2.45) is 4.99 Å². The van der Waals surface area contributed by atoms with Crippen LogP contribution in [0.25, 0.3) is 0 Å². The molecule has 1 saturated carbocycles. The standard InChI is InChI=1S/C20H33N5.HI/c1-16-15-22-11-7-17(16)8-12-23-20(21-2)24-18-9-13-25(14-10-18)19-5-3-4-6-19;/h7,11,15,18-19H,3-6,8-10,12-14H2,1-2H3,(H2,21,23,24);1H. The first-order chi connectivity index (χ1) is 12.3. The molecule has 0 bridgehead atoms. The van der Waals surface area contributed by atoms with Gasteiger partial charge in [-0.05, 0) is 56.2 Å². The summed E-state index contributed by atoms with van der Waals surface area (Å²) in [5.74, 6) is 0.936. The van der Waals surface area contributed by atoms with Crippen LogP contribution in [0.4, 0.5) is 0 Å². The second-order valence-electron chi connectivity index (χ2n) is 7.44. The highest BCUT2D eigenvalue weighted by Crippen LogP contribution is 2.26. The van der Waals surface area contributed by atoms with Crippen molar-refractivity contribution in [1.29, 1.82) is 0 Å². The first-order valence-corrected chi connectivity index (χ1v) is 9.87. The van der Waals surface area contributed by atoms with E-state index in [1.165, 1.54) is 62.7 Å². The van der Waals surface area contributed by atoms with E-state index in [9.17, 15) is 0 Å². The Hall–Kier alpha value is -0.890. The molecule has 1 saturated heterocycles. The zero-order valence-corrected chi connectivity index (χ0v) is 18.5. The van der Waals surface area contributed by atoms with Crippen LogP contribution in [0.1, 0.15) is 49.7 Å². The van der Waals surface area contributed by atoms with E-state index >= 15 is 0 Å². The number of nitrogens with zero attached hydrogens (tertiary/aromatic N) is 3. The molecule has 6 heteroatoms. The fraction of sp³-hybridized carbons (Fsp3) is 0.700. The van der Waals surface area contributed by atoms with Gasteiger partial charge in [0.25, 0.3) is 0 Å². The normalized spacial score (nSPS) is 20.0. The smallest absolute Gasteiger partial charge is 0.191 e. The predicted octanol–water partition coefficient (Wildman–Crippen LogP) is 3.12. The van der Waals surface area contributed by atoms with Gasteiger partial charge in [-0.15, -0.1) is 24.0 Å². The number of rotatable bonds is 5. The van der Waals surface area contributed by atoms with Gasteiger partial charge in [-0.3, -0.25) is 9.98 Å². The highest BCUT2D eigenvalue weighted by Gasteiger charge is 2.27. The Kier molecular flexibility index (Phi) is 9.11. The van der Waals surface area contributed by atoms with Gasteiger partial charge in [0, 0.05) is 51.2 Å². The number of piperidine rings is 1. The Morgan fingerprint density at radius 2 is 1.96 bits per heavy atom. The molecule has 2 heterocycles. The molecule has 0 unspecified atom stereocenters. The maximum atomic E-state index is 4.40. The highest BCUT2D eigenvalue weighted by molar-refractivity contribution is 14.0. The number of nitrogens with one attached hydrogen (secondary N) is 2. The number of aryl methyl sites for hydroxylation is 1. The Morgan fingerprint density at radius 3 is 2.62 bits per heavy atom. The van der Waals surface area contributed by atoms with Crippen molar-refractivity contribution < 1.29 is 0 Å². The quantitative estimate of drug-likeness (QED) is 0.394. The molecule has 0 atom stereocenters. The van der Waals surface area contributed by atoms with E-state index in [0.29, 0.717) is 6.04 Å². The molecule has 0 radical (unpaired) electrons. The number of guanidine groups is 1.